The molecule has 0 radical (unpaired) electrons. The van der Waals surface area contributed by atoms with E-state index in [0.717, 1.165) is 5.70 Å². The summed E-state index contributed by atoms with van der Waals surface area (Å²) in [4.78, 5) is 0. The monoisotopic (exact) mass is 159 g/mol. The van der Waals surface area contributed by atoms with Gasteiger partial charge in [0.25, 0.3) is 0 Å². The number of benzene rings is 1. The molecule has 1 N–H and O–H groups in total. The van der Waals surface area contributed by atoms with Gasteiger partial charge in [0, 0.05) is 16.8 Å². The summed E-state index contributed by atoms with van der Waals surface area (Å²) in [5.74, 6) is 0. The van der Waals surface area contributed by atoms with Crippen molar-refractivity contribution in [3.8, 4) is 0 Å². The van der Waals surface area contributed by atoms with Crippen molar-refractivity contribution < 1.29 is 0 Å². The maximum absolute atomic E-state index is 4.01. The van der Waals surface area contributed by atoms with Gasteiger partial charge in [-0.15, -0.1) is 0 Å². The van der Waals surface area contributed by atoms with Gasteiger partial charge in [0.1, 0.15) is 0 Å². The van der Waals surface area contributed by atoms with E-state index in [2.05, 4.69) is 43.9 Å². The van der Waals surface area contributed by atoms with Crippen molar-refractivity contribution in [2.24, 2.45) is 0 Å². The second-order valence-corrected chi connectivity index (χ2v) is 3.77. The zero-order valence-corrected chi connectivity index (χ0v) is 7.52. The minimum atomic E-state index is 0.0800. The molecule has 1 heteroatoms. The molecule has 1 aromatic rings. The summed E-state index contributed by atoms with van der Waals surface area (Å²) in [6.07, 6.45) is 0. The Hall–Kier alpha value is -1.24. The number of anilines is 1. The Morgan fingerprint density at radius 3 is 2.58 bits per heavy atom. The molecule has 1 nitrogen and oxygen atoms in total. The molecule has 0 aliphatic carbocycles. The third-order valence-corrected chi connectivity index (χ3v) is 2.64. The lowest BCUT2D eigenvalue weighted by molar-refractivity contribution is 0.656. The molecule has 1 heterocycles. The van der Waals surface area contributed by atoms with Gasteiger partial charge >= 0.3 is 0 Å². The van der Waals surface area contributed by atoms with Crippen molar-refractivity contribution >= 4 is 5.69 Å². The molecule has 0 spiro atoms. The van der Waals surface area contributed by atoms with E-state index >= 15 is 0 Å². The van der Waals surface area contributed by atoms with Crippen LogP contribution in [0.2, 0.25) is 0 Å². The van der Waals surface area contributed by atoms with Crippen LogP contribution in [0.1, 0.15) is 19.4 Å². The van der Waals surface area contributed by atoms with Gasteiger partial charge in [-0.2, -0.15) is 0 Å². The molecule has 0 unspecified atom stereocenters. The van der Waals surface area contributed by atoms with Crippen molar-refractivity contribution in [1.82, 2.24) is 0 Å². The summed E-state index contributed by atoms with van der Waals surface area (Å²) in [5.41, 5.74) is 3.71. The normalized spacial score (nSPS) is 18.7. The minimum Gasteiger partial charge on any atom is -0.358 e. The number of hydrogen-bond donors (Lipinski definition) is 1. The van der Waals surface area contributed by atoms with Crippen molar-refractivity contribution in [2.75, 3.05) is 5.32 Å². The molecule has 0 amide bonds. The zero-order chi connectivity index (χ0) is 8.77. The molecule has 0 fully saturated rings. The lowest BCUT2D eigenvalue weighted by atomic mass is 9.85. The summed E-state index contributed by atoms with van der Waals surface area (Å²) in [6, 6.07) is 8.36. The fourth-order valence-corrected chi connectivity index (χ4v) is 1.62. The van der Waals surface area contributed by atoms with E-state index < -0.39 is 0 Å². The van der Waals surface area contributed by atoms with E-state index in [1.165, 1.54) is 11.3 Å². The maximum atomic E-state index is 4.01. The summed E-state index contributed by atoms with van der Waals surface area (Å²) in [5, 5.41) is 3.29. The molecular weight excluding hydrogens is 146 g/mol. The van der Waals surface area contributed by atoms with E-state index in [1.807, 2.05) is 6.07 Å². The van der Waals surface area contributed by atoms with Gasteiger partial charge in [-0.25, -0.2) is 0 Å². The third-order valence-electron chi connectivity index (χ3n) is 2.64. The van der Waals surface area contributed by atoms with Crippen molar-refractivity contribution in [1.29, 1.82) is 0 Å². The summed E-state index contributed by atoms with van der Waals surface area (Å²) in [7, 11) is 0. The average Bonchev–Trinajstić information content (AvgIpc) is 2.25. The van der Waals surface area contributed by atoms with Crippen LogP contribution in [0, 0.1) is 0 Å². The van der Waals surface area contributed by atoms with Crippen LogP contribution >= 0.6 is 0 Å². The van der Waals surface area contributed by atoms with E-state index in [1.54, 1.807) is 0 Å². The van der Waals surface area contributed by atoms with Gasteiger partial charge in [-0.3, -0.25) is 0 Å². The molecule has 1 aliphatic rings. The molecule has 62 valence electrons. The number of hydrogen-bond acceptors (Lipinski definition) is 1. The van der Waals surface area contributed by atoms with Gasteiger partial charge in [0.2, 0.25) is 0 Å². The van der Waals surface area contributed by atoms with Gasteiger partial charge < -0.3 is 5.32 Å². The Morgan fingerprint density at radius 1 is 1.25 bits per heavy atom. The number of fused-ring (bicyclic) bond motifs is 1. The SMILES string of the molecule is C=C1Nc2ccccc2C1(C)C. The first-order valence-corrected chi connectivity index (χ1v) is 4.18. The molecular formula is C11H13N. The van der Waals surface area contributed by atoms with Crippen LogP contribution in [-0.2, 0) is 5.41 Å². The standard InChI is InChI=1S/C11H13N/c1-8-11(2,3)9-6-4-5-7-10(9)12-8/h4-7,12H,1H2,2-3H3. The molecule has 1 aliphatic heterocycles. The Balaban J connectivity index is 2.63. The fourth-order valence-electron chi connectivity index (χ4n) is 1.62. The smallest absolute Gasteiger partial charge is 0.0423 e. The van der Waals surface area contributed by atoms with Gasteiger partial charge in [0.15, 0.2) is 0 Å². The van der Waals surface area contributed by atoms with Crippen LogP contribution in [0.25, 0.3) is 0 Å². The fraction of sp³-hybridized carbons (Fsp3) is 0.273. The maximum Gasteiger partial charge on any atom is 0.0423 e. The van der Waals surface area contributed by atoms with Crippen LogP contribution < -0.4 is 5.32 Å². The predicted octanol–water partition coefficient (Wildman–Crippen LogP) is 2.90. The highest BCUT2D eigenvalue weighted by atomic mass is 14.9. The highest BCUT2D eigenvalue weighted by molar-refractivity contribution is 5.66. The summed E-state index contributed by atoms with van der Waals surface area (Å²) >= 11 is 0. The second-order valence-electron chi connectivity index (χ2n) is 3.77. The molecule has 1 aromatic carbocycles. The number of rotatable bonds is 0. The number of allylic oxidation sites excluding steroid dienone is 1. The molecule has 0 saturated heterocycles. The van der Waals surface area contributed by atoms with Crippen molar-refractivity contribution in [3.05, 3.63) is 42.1 Å². The van der Waals surface area contributed by atoms with Crippen LogP contribution in [0.3, 0.4) is 0 Å². The Morgan fingerprint density at radius 2 is 1.92 bits per heavy atom. The van der Waals surface area contributed by atoms with Crippen molar-refractivity contribution in [3.63, 3.8) is 0 Å². The van der Waals surface area contributed by atoms with Gasteiger partial charge in [-0.05, 0) is 11.6 Å². The van der Waals surface area contributed by atoms with E-state index in [-0.39, 0.29) is 5.41 Å². The second kappa shape index (κ2) is 2.13. The first-order valence-electron chi connectivity index (χ1n) is 4.18. The molecule has 0 aromatic heterocycles. The summed E-state index contributed by atoms with van der Waals surface area (Å²) < 4.78 is 0. The Kier molecular flexibility index (Phi) is 1.31. The van der Waals surface area contributed by atoms with E-state index in [9.17, 15) is 0 Å². The largest absolute Gasteiger partial charge is 0.358 e. The van der Waals surface area contributed by atoms with E-state index in [4.69, 9.17) is 0 Å². The quantitative estimate of drug-likeness (QED) is 0.613. The predicted molar refractivity (Wildman–Crippen MR) is 52.2 cm³/mol. The van der Waals surface area contributed by atoms with Crippen LogP contribution in [0.5, 0.6) is 0 Å². The first kappa shape index (κ1) is 7.41. The number of para-hydroxylation sites is 1. The van der Waals surface area contributed by atoms with E-state index in [0.29, 0.717) is 0 Å². The van der Waals surface area contributed by atoms with Gasteiger partial charge in [0.05, 0.1) is 0 Å². The minimum absolute atomic E-state index is 0.0800. The third kappa shape index (κ3) is 0.795. The molecule has 0 bridgehead atoms. The summed E-state index contributed by atoms with van der Waals surface area (Å²) in [6.45, 7) is 8.39. The zero-order valence-electron chi connectivity index (χ0n) is 7.52. The molecule has 12 heavy (non-hydrogen) atoms. The highest BCUT2D eigenvalue weighted by Gasteiger charge is 2.32. The number of nitrogens with one attached hydrogen (secondary N) is 1. The van der Waals surface area contributed by atoms with Crippen molar-refractivity contribution in [2.45, 2.75) is 19.3 Å². The Labute approximate surface area is 73.1 Å². The topological polar surface area (TPSA) is 12.0 Å². The Bertz CT molecular complexity index is 337. The lowest BCUT2D eigenvalue weighted by Gasteiger charge is -2.18. The van der Waals surface area contributed by atoms with Gasteiger partial charge in [-0.1, -0.05) is 38.6 Å². The average molecular weight is 159 g/mol. The first-order chi connectivity index (χ1) is 5.62. The highest BCUT2D eigenvalue weighted by Crippen LogP contribution is 2.41. The van der Waals surface area contributed by atoms with Crippen LogP contribution in [0.4, 0.5) is 5.69 Å². The molecule has 2 rings (SSSR count). The lowest BCUT2D eigenvalue weighted by Crippen LogP contribution is -2.15. The molecule has 0 saturated carbocycles. The molecule has 0 atom stereocenters. The van der Waals surface area contributed by atoms with Crippen LogP contribution in [-0.4, -0.2) is 0 Å². The van der Waals surface area contributed by atoms with Crippen LogP contribution in [0.15, 0.2) is 36.5 Å².